The van der Waals surface area contributed by atoms with Gasteiger partial charge in [-0.15, -0.1) is 5.10 Å². The van der Waals surface area contributed by atoms with E-state index in [4.69, 9.17) is 4.42 Å². The van der Waals surface area contributed by atoms with E-state index in [1.807, 2.05) is 12.1 Å². The third-order valence-electron chi connectivity index (χ3n) is 4.75. The lowest BCUT2D eigenvalue weighted by Gasteiger charge is -2.08. The van der Waals surface area contributed by atoms with Gasteiger partial charge in [0.1, 0.15) is 0 Å². The van der Waals surface area contributed by atoms with Gasteiger partial charge >= 0.3 is 6.01 Å². The van der Waals surface area contributed by atoms with Crippen molar-refractivity contribution in [2.24, 2.45) is 0 Å². The van der Waals surface area contributed by atoms with Gasteiger partial charge in [0, 0.05) is 5.56 Å². The molecule has 1 heterocycles. The van der Waals surface area contributed by atoms with E-state index in [2.05, 4.69) is 41.5 Å². The number of carbonyl (C=O) groups is 1. The zero-order valence-corrected chi connectivity index (χ0v) is 18.2. The zero-order valence-electron chi connectivity index (χ0n) is 17.4. The third kappa shape index (κ3) is 4.94. The Kier molecular flexibility index (Phi) is 6.36. The van der Waals surface area contributed by atoms with E-state index in [-0.39, 0.29) is 10.9 Å². The summed E-state index contributed by atoms with van der Waals surface area (Å²) in [6, 6.07) is 13.9. The fraction of sp³-hybridized carbons (Fsp3) is 0.318. The van der Waals surface area contributed by atoms with E-state index in [0.717, 1.165) is 5.56 Å². The Morgan fingerprint density at radius 3 is 2.17 bits per heavy atom. The fourth-order valence-corrected chi connectivity index (χ4v) is 3.87. The molecule has 7 nitrogen and oxygen atoms in total. The van der Waals surface area contributed by atoms with Gasteiger partial charge < -0.3 is 4.42 Å². The summed E-state index contributed by atoms with van der Waals surface area (Å²) in [5.41, 5.74) is 2.58. The van der Waals surface area contributed by atoms with Crippen molar-refractivity contribution in [2.45, 2.75) is 50.2 Å². The number of hydrogen-bond acceptors (Lipinski definition) is 6. The molecular weight excluding hydrogens is 402 g/mol. The van der Waals surface area contributed by atoms with Crippen LogP contribution in [-0.4, -0.2) is 29.8 Å². The molecule has 0 saturated carbocycles. The number of sulfone groups is 1. The highest BCUT2D eigenvalue weighted by Crippen LogP contribution is 2.19. The molecule has 0 bridgehead atoms. The van der Waals surface area contributed by atoms with Crippen molar-refractivity contribution in [3.63, 3.8) is 0 Å². The lowest BCUT2D eigenvalue weighted by molar-refractivity contribution is 0.102. The maximum atomic E-state index is 12.4. The van der Waals surface area contributed by atoms with Crippen molar-refractivity contribution < 1.29 is 17.6 Å². The minimum absolute atomic E-state index is 0.00678. The predicted molar refractivity (Wildman–Crippen MR) is 114 cm³/mol. The first-order valence-corrected chi connectivity index (χ1v) is 11.3. The van der Waals surface area contributed by atoms with Crippen LogP contribution in [0.1, 0.15) is 61.0 Å². The highest BCUT2D eigenvalue weighted by molar-refractivity contribution is 7.92. The van der Waals surface area contributed by atoms with Crippen molar-refractivity contribution in [3.8, 4) is 0 Å². The number of rotatable bonds is 7. The van der Waals surface area contributed by atoms with Crippen LogP contribution in [0.3, 0.4) is 0 Å². The Morgan fingerprint density at radius 1 is 0.967 bits per heavy atom. The molecule has 8 heteroatoms. The van der Waals surface area contributed by atoms with E-state index in [9.17, 15) is 13.2 Å². The monoisotopic (exact) mass is 427 g/mol. The molecule has 0 unspecified atom stereocenters. The number of hydrogen-bond donors (Lipinski definition) is 1. The van der Waals surface area contributed by atoms with Gasteiger partial charge in [0.05, 0.1) is 16.6 Å². The first-order valence-electron chi connectivity index (χ1n) is 9.73. The number of carbonyl (C=O) groups excluding carboxylic acids is 1. The summed E-state index contributed by atoms with van der Waals surface area (Å²) in [6.07, 6.45) is 0.461. The van der Waals surface area contributed by atoms with Crippen LogP contribution in [0.2, 0.25) is 0 Å². The Labute approximate surface area is 176 Å². The summed E-state index contributed by atoms with van der Waals surface area (Å²) in [6.45, 7) is 7.50. The molecule has 3 rings (SSSR count). The molecule has 0 saturated heterocycles. The molecule has 1 N–H and O–H groups in total. The van der Waals surface area contributed by atoms with Gasteiger partial charge in [-0.25, -0.2) is 8.42 Å². The maximum Gasteiger partial charge on any atom is 0.322 e. The van der Waals surface area contributed by atoms with Crippen LogP contribution >= 0.6 is 0 Å². The molecule has 0 fully saturated rings. The van der Waals surface area contributed by atoms with E-state index in [0.29, 0.717) is 23.8 Å². The average molecular weight is 428 g/mol. The molecule has 158 valence electrons. The van der Waals surface area contributed by atoms with Gasteiger partial charge in [0.2, 0.25) is 5.89 Å². The maximum absolute atomic E-state index is 12.4. The third-order valence-corrected chi connectivity index (χ3v) is 6.93. The number of aromatic nitrogens is 2. The van der Waals surface area contributed by atoms with Gasteiger partial charge in [-0.1, -0.05) is 43.2 Å². The van der Waals surface area contributed by atoms with E-state index in [1.165, 1.54) is 29.8 Å². The molecule has 1 amide bonds. The first-order chi connectivity index (χ1) is 14.2. The summed E-state index contributed by atoms with van der Waals surface area (Å²) in [5, 5.41) is 9.84. The average Bonchev–Trinajstić information content (AvgIpc) is 3.15. The largest absolute Gasteiger partial charge is 0.407 e. The fourth-order valence-electron chi connectivity index (χ4n) is 2.81. The second kappa shape index (κ2) is 8.79. The van der Waals surface area contributed by atoms with Crippen molar-refractivity contribution in [3.05, 3.63) is 71.1 Å². The van der Waals surface area contributed by atoms with Crippen LogP contribution < -0.4 is 5.32 Å². The van der Waals surface area contributed by atoms with Crippen molar-refractivity contribution >= 4 is 21.8 Å². The Balaban J connectivity index is 1.64. The van der Waals surface area contributed by atoms with E-state index < -0.39 is 21.0 Å². The molecule has 0 aliphatic heterocycles. The van der Waals surface area contributed by atoms with Crippen molar-refractivity contribution in [1.29, 1.82) is 0 Å². The number of nitrogens with one attached hydrogen (secondary N) is 1. The first kappa shape index (κ1) is 21.7. The van der Waals surface area contributed by atoms with E-state index >= 15 is 0 Å². The summed E-state index contributed by atoms with van der Waals surface area (Å²) in [5.74, 6) is 0.393. The summed E-state index contributed by atoms with van der Waals surface area (Å²) in [4.78, 5) is 12.6. The quantitative estimate of drug-likeness (QED) is 0.606. The van der Waals surface area contributed by atoms with Crippen LogP contribution in [0, 0.1) is 0 Å². The van der Waals surface area contributed by atoms with Gasteiger partial charge in [-0.3, -0.25) is 10.1 Å². The summed E-state index contributed by atoms with van der Waals surface area (Å²) in [7, 11) is -3.38. The van der Waals surface area contributed by atoms with Gasteiger partial charge in [-0.05, 0) is 55.2 Å². The molecule has 0 radical (unpaired) electrons. The number of benzene rings is 2. The highest BCUT2D eigenvalue weighted by Gasteiger charge is 2.20. The van der Waals surface area contributed by atoms with Crippen molar-refractivity contribution in [2.75, 3.05) is 5.32 Å². The SMILES string of the molecule is CC(C)c1ccc(Cc2nnc(NC(=O)c3ccc(S(=O)(=O)C(C)C)cc3)o2)cc1. The van der Waals surface area contributed by atoms with Gasteiger partial charge in [-0.2, -0.15) is 0 Å². The molecule has 1 aromatic heterocycles. The molecule has 30 heavy (non-hydrogen) atoms. The Morgan fingerprint density at radius 2 is 1.60 bits per heavy atom. The number of nitrogens with zero attached hydrogens (tertiary/aromatic N) is 2. The van der Waals surface area contributed by atoms with Crippen LogP contribution in [-0.2, 0) is 16.3 Å². The molecule has 2 aromatic carbocycles. The Bertz CT molecular complexity index is 1120. The lowest BCUT2D eigenvalue weighted by atomic mass is 10.0. The van der Waals surface area contributed by atoms with Crippen molar-refractivity contribution in [1.82, 2.24) is 10.2 Å². The highest BCUT2D eigenvalue weighted by atomic mass is 32.2. The predicted octanol–water partition coefficient (Wildman–Crippen LogP) is 4.22. The normalized spacial score (nSPS) is 11.8. The standard InChI is InChI=1S/C22H25N3O4S/c1-14(2)17-7-5-16(6-8-17)13-20-24-25-22(29-20)23-21(26)18-9-11-19(12-10-18)30(27,28)15(3)4/h5-12,14-15H,13H2,1-4H3,(H,23,25,26). The van der Waals surface area contributed by atoms with Crippen LogP contribution in [0.25, 0.3) is 0 Å². The molecule has 0 aliphatic rings. The van der Waals surface area contributed by atoms with E-state index in [1.54, 1.807) is 13.8 Å². The molecule has 3 aromatic rings. The number of anilines is 1. The second-order valence-corrected chi connectivity index (χ2v) is 10.2. The summed E-state index contributed by atoms with van der Waals surface area (Å²) < 4.78 is 29.9. The van der Waals surface area contributed by atoms with Crippen LogP contribution in [0.4, 0.5) is 6.01 Å². The summed E-state index contributed by atoms with van der Waals surface area (Å²) >= 11 is 0. The van der Waals surface area contributed by atoms with Gasteiger partial charge in [0.15, 0.2) is 9.84 Å². The molecule has 0 aliphatic carbocycles. The topological polar surface area (TPSA) is 102 Å². The zero-order chi connectivity index (χ0) is 21.9. The van der Waals surface area contributed by atoms with Crippen LogP contribution in [0.15, 0.2) is 57.8 Å². The minimum Gasteiger partial charge on any atom is -0.407 e. The van der Waals surface area contributed by atoms with Gasteiger partial charge in [0.25, 0.3) is 5.91 Å². The minimum atomic E-state index is -3.38. The molecular formula is C22H25N3O4S. The molecule has 0 atom stereocenters. The number of amides is 1. The second-order valence-electron chi connectivity index (χ2n) is 7.65. The Hall–Kier alpha value is -3.00. The molecule has 0 spiro atoms. The smallest absolute Gasteiger partial charge is 0.322 e. The van der Waals surface area contributed by atoms with Crippen LogP contribution in [0.5, 0.6) is 0 Å². The lowest BCUT2D eigenvalue weighted by Crippen LogP contribution is -2.15.